The minimum absolute atomic E-state index is 0. The van der Waals surface area contributed by atoms with Crippen molar-refractivity contribution in [3.05, 3.63) is 380 Å². The number of benzene rings is 10. The maximum atomic E-state index is 12.1. The van der Waals surface area contributed by atoms with Gasteiger partial charge in [0.1, 0.15) is 81.2 Å². The zero-order valence-electron chi connectivity index (χ0n) is 73.7. The van der Waals surface area contributed by atoms with Crippen molar-refractivity contribution in [2.75, 3.05) is 19.8 Å². The van der Waals surface area contributed by atoms with Crippen molar-refractivity contribution in [1.82, 2.24) is 25.3 Å². The summed E-state index contributed by atoms with van der Waals surface area (Å²) in [6, 6.07) is 89.4. The summed E-state index contributed by atoms with van der Waals surface area (Å²) in [5.74, 6) is 5.15. The van der Waals surface area contributed by atoms with Crippen LogP contribution < -0.4 is 30.0 Å². The predicted molar refractivity (Wildman–Crippen MR) is 543 cm³/mol. The number of aromatic hydroxyl groups is 3. The molecule has 0 radical (unpaired) electrons. The zero-order chi connectivity index (χ0) is 92.3. The van der Waals surface area contributed by atoms with Gasteiger partial charge in [-0.15, -0.1) is 0 Å². The van der Waals surface area contributed by atoms with Gasteiger partial charge in [0.25, 0.3) is 6.47 Å². The summed E-state index contributed by atoms with van der Waals surface area (Å²) >= 11 is 16.6. The fraction of sp³-hybridized carbons (Fsp3) is 0.210. The van der Waals surface area contributed by atoms with Crippen molar-refractivity contribution in [3.63, 3.8) is 0 Å². The molecule has 0 aliphatic rings. The first kappa shape index (κ1) is 115. The van der Waals surface area contributed by atoms with E-state index in [1.54, 1.807) is 66.7 Å². The highest BCUT2D eigenvalue weighted by molar-refractivity contribution is 9.11. The molecule has 0 fully saturated rings. The molecule has 0 unspecified atom stereocenters. The molecule has 0 spiro atoms. The number of phenolic OH excluding ortho intramolecular Hbond substituents is 3. The Labute approximate surface area is 809 Å². The van der Waals surface area contributed by atoms with Crippen LogP contribution in [0.3, 0.4) is 0 Å². The van der Waals surface area contributed by atoms with Gasteiger partial charge in [-0.2, -0.15) is 8.42 Å². The molecule has 4 heterocycles. The number of carbonyl (C=O) groups is 1. The van der Waals surface area contributed by atoms with Crippen molar-refractivity contribution in [3.8, 4) is 63.1 Å². The molecule has 0 aliphatic heterocycles. The predicted octanol–water partition coefficient (Wildman–Crippen LogP) is 24.4. The second-order valence-electron chi connectivity index (χ2n) is 27.8. The maximum Gasteiger partial charge on any atom is 0.639 e. The highest BCUT2D eigenvalue weighted by Gasteiger charge is 2.20. The van der Waals surface area contributed by atoms with Gasteiger partial charge in [0.2, 0.25) is 0 Å². The number of aromatic nitrogens is 4. The van der Waals surface area contributed by atoms with Gasteiger partial charge in [0.15, 0.2) is 0 Å². The maximum absolute atomic E-state index is 12.1. The fourth-order valence-corrected chi connectivity index (χ4v) is 13.7. The Morgan fingerprint density at radius 2 is 0.762 bits per heavy atom. The van der Waals surface area contributed by atoms with E-state index < -0.39 is 24.6 Å². The topological polar surface area (TPSA) is 339 Å². The molecule has 0 saturated carbocycles. The van der Waals surface area contributed by atoms with Gasteiger partial charge in [-0.3, -0.25) is 4.79 Å². The van der Waals surface area contributed by atoms with Gasteiger partial charge in [-0.25, -0.2) is 9.97 Å². The van der Waals surface area contributed by atoms with E-state index in [1.165, 1.54) is 58.2 Å². The molecular weight excluding hydrogens is 2000 g/mol. The van der Waals surface area contributed by atoms with Crippen molar-refractivity contribution < 1.29 is 81.5 Å². The van der Waals surface area contributed by atoms with Gasteiger partial charge in [0.05, 0.1) is 10.2 Å². The molecule has 11 N–H and O–H groups in total. The van der Waals surface area contributed by atoms with Crippen LogP contribution in [-0.4, -0.2) is 104 Å². The number of phenols is 3. The quantitative estimate of drug-likeness (QED) is 0.0143. The number of hydrogen-bond acceptors (Lipinski definition) is 18. The molecule has 0 saturated heterocycles. The largest absolute Gasteiger partial charge is 0.639 e. The summed E-state index contributed by atoms with van der Waals surface area (Å²) in [6.07, 6.45) is 0. The van der Waals surface area contributed by atoms with Gasteiger partial charge in [0, 0.05) is 67.6 Å². The van der Waals surface area contributed by atoms with E-state index in [0.29, 0.717) is 61.1 Å². The van der Waals surface area contributed by atoms with Crippen LogP contribution in [0, 0.1) is 69.2 Å². The summed E-state index contributed by atoms with van der Waals surface area (Å²) in [7, 11) is -5.68. The second kappa shape index (κ2) is 61.1. The summed E-state index contributed by atoms with van der Waals surface area (Å²) in [5, 5.41) is 51.7. The Morgan fingerprint density at radius 1 is 0.400 bits per heavy atom. The molecule has 0 bridgehead atoms. The van der Waals surface area contributed by atoms with Crippen molar-refractivity contribution >= 4 is 116 Å². The third-order valence-corrected chi connectivity index (χ3v) is 23.0. The molecule has 0 amide bonds. The minimum atomic E-state index is -3.78. The van der Waals surface area contributed by atoms with Crippen LogP contribution in [0.2, 0.25) is 0 Å². The average molecular weight is 2120 g/mol. The SMILES string of the molecule is C.C.CCOB(OCC)OCC.Cc1cc(O)ccc1Br.Cc1cc(OCc2ccccc2)ccc1-c1cccc(-n2c(C)ccc2C)n1.Cc1cc(OCc2ccccc2)ccc1B(O)O.Cc1cc(OCc2ccccc2)ccc1Br.Cc1ccc(C)n1-c1cccc(Br)n1.Cc1ccc(S(=O)(=O)Oc2ccc(Br)c(C)c2)cc1.N.O.O=CO.Oc1ccc(Br)c(O)c1. The second-order valence-corrected chi connectivity index (χ2v) is 33.6. The van der Waals surface area contributed by atoms with Crippen LogP contribution in [-0.2, 0) is 48.7 Å². The number of nitrogens with zero attached hydrogens (tertiary/aromatic N) is 4. The summed E-state index contributed by atoms with van der Waals surface area (Å²) in [6.45, 7) is 29.1. The first-order valence-electron chi connectivity index (χ1n) is 39.8. The number of ether oxygens (including phenoxy) is 3. The molecule has 14 aromatic rings. The highest BCUT2D eigenvalue weighted by Crippen LogP contribution is 2.31. The normalized spacial score (nSPS) is 9.94. The lowest BCUT2D eigenvalue weighted by atomic mass is 9.77. The van der Waals surface area contributed by atoms with Crippen LogP contribution in [0.1, 0.15) is 108 Å². The Morgan fingerprint density at radius 3 is 1.14 bits per heavy atom. The Hall–Kier alpha value is -10.7. The lowest BCUT2D eigenvalue weighted by Gasteiger charge is -2.13. The van der Waals surface area contributed by atoms with E-state index in [-0.39, 0.29) is 49.3 Å². The van der Waals surface area contributed by atoms with E-state index >= 15 is 0 Å². The van der Waals surface area contributed by atoms with E-state index in [1.807, 2.05) is 164 Å². The van der Waals surface area contributed by atoms with Crippen molar-refractivity contribution in [1.29, 1.82) is 0 Å². The van der Waals surface area contributed by atoms with E-state index in [0.717, 1.165) is 97.1 Å². The van der Waals surface area contributed by atoms with Gasteiger partial charge < -0.3 is 83.6 Å². The molecular formula is C100H118B2Br5N5O17S. The van der Waals surface area contributed by atoms with Crippen molar-refractivity contribution in [2.24, 2.45) is 0 Å². The van der Waals surface area contributed by atoms with Crippen LogP contribution in [0.25, 0.3) is 22.9 Å². The zero-order valence-corrected chi connectivity index (χ0v) is 82.4. The molecule has 10 aromatic carbocycles. The van der Waals surface area contributed by atoms with Crippen LogP contribution in [0.4, 0.5) is 0 Å². The molecule has 4 aromatic heterocycles. The summed E-state index contributed by atoms with van der Waals surface area (Å²) in [5.41, 5.74) is 16.9. The number of aryl methyl sites for hydroxylation is 10. The molecule has 130 heavy (non-hydrogen) atoms. The molecule has 22 nitrogen and oxygen atoms in total. The average Bonchev–Trinajstić information content (AvgIpc) is 1.78. The Bertz CT molecular complexity index is 5670. The van der Waals surface area contributed by atoms with Gasteiger partial charge in [-0.05, 0) is 330 Å². The first-order chi connectivity index (χ1) is 60.3. The molecule has 0 atom stereocenters. The van der Waals surface area contributed by atoms with E-state index in [4.69, 9.17) is 72.6 Å². The molecule has 692 valence electrons. The molecule has 0 aliphatic carbocycles. The third kappa shape index (κ3) is 40.4. The summed E-state index contributed by atoms with van der Waals surface area (Å²) < 4.78 is 70.6. The fourth-order valence-electron chi connectivity index (χ4n) is 11.5. The summed E-state index contributed by atoms with van der Waals surface area (Å²) in [4.78, 5) is 17.8. The lowest BCUT2D eigenvalue weighted by molar-refractivity contribution is -0.122. The number of carboxylic acid groups (broad SMARTS) is 1. The number of hydrogen-bond donors (Lipinski definition) is 7. The minimum Gasteiger partial charge on any atom is -0.508 e. The standard InChI is InChI=1S/C25H24N2O.C14H15BO3.C14H13BrO3S.C14H13BrO.C11H11BrN2.C7H7BrO.C6H15BO3.C6H5BrO2.CH2O2.2CH4.H3N.H2O/c1-18-16-22(28-17-21-8-5-4-6-9-21)14-15-23(18)24-10-7-11-25(26-24)27-19(2)12-13-20(27)3;1-11-9-13(7-8-14(11)15(16)17)18-10-12-5-3-2-4-6-12;1-10-3-6-13(7-4-10)19(16,17)18-12-5-8-14(15)11(2)9-12;1-11-9-13(7-8-14(11)15)16-10-12-5-3-2-4-6-12;1-8-6-7-9(2)14(8)11-5-3-4-10(12)13-11;1-5-4-6(9)2-3-7(5)8;1-4-8-7(9-5-2)10-6-3;7-5-2-1-4(8)3-6(5)9;2-1-3;;;;/h4-16H,17H2,1-3H3;2-9,16-17H,10H2,1H3;3-9H,1-2H3;2-9H,10H2,1H3;3-7H,1-2H3;2-4,9H,1H3;4-6H2,1-3H3;1-3,8-9H;1H,(H,2,3);2*1H4;1H3;1H2. The third-order valence-electron chi connectivity index (χ3n) is 17.9. The lowest BCUT2D eigenvalue weighted by Crippen LogP contribution is -2.31. The van der Waals surface area contributed by atoms with Crippen molar-refractivity contribution in [2.45, 2.75) is 130 Å². The molecule has 30 heteroatoms. The van der Waals surface area contributed by atoms with Crippen LogP contribution in [0.15, 0.2) is 313 Å². The number of pyridine rings is 2. The van der Waals surface area contributed by atoms with E-state index in [2.05, 4.69) is 214 Å². The monoisotopic (exact) mass is 2110 g/mol. The Balaban J connectivity index is 0.000000512. The molecule has 14 rings (SSSR count). The highest BCUT2D eigenvalue weighted by atomic mass is 79.9. The van der Waals surface area contributed by atoms with Gasteiger partial charge >= 0.3 is 24.6 Å². The Kier molecular flexibility index (Phi) is 54.2. The number of rotatable bonds is 22. The van der Waals surface area contributed by atoms with Crippen LogP contribution in [0.5, 0.6) is 40.2 Å². The van der Waals surface area contributed by atoms with E-state index in [9.17, 15) is 8.42 Å². The van der Waals surface area contributed by atoms with Crippen LogP contribution >= 0.6 is 79.6 Å². The van der Waals surface area contributed by atoms with Gasteiger partial charge in [-0.1, -0.05) is 190 Å². The smallest absolute Gasteiger partial charge is 0.508 e. The number of halogens is 5. The first-order valence-corrected chi connectivity index (χ1v) is 45.2.